The van der Waals surface area contributed by atoms with Crippen LogP contribution in [0, 0.1) is 6.92 Å². The molecular formula is C10H20N2O4S3. The molecule has 0 amide bonds. The second kappa shape index (κ2) is 11.3. The molecule has 1 aromatic rings. The molecule has 0 radical (unpaired) electrons. The van der Waals surface area contributed by atoms with Gasteiger partial charge in [-0.1, -0.05) is 13.3 Å². The van der Waals surface area contributed by atoms with Crippen LogP contribution in [0.4, 0.5) is 0 Å². The molecule has 0 bridgehead atoms. The predicted molar refractivity (Wildman–Crippen MR) is 82.6 cm³/mol. The average Bonchev–Trinajstić information content (AvgIpc) is 2.75. The minimum Gasteiger partial charge on any atom is -0.286 e. The molecule has 1 aromatic heterocycles. The molecule has 9 heteroatoms. The van der Waals surface area contributed by atoms with Crippen LogP contribution in [-0.2, 0) is 10.1 Å². The van der Waals surface area contributed by atoms with E-state index >= 15 is 0 Å². The number of imidazole rings is 1. The first kappa shape index (κ1) is 20.8. The van der Waals surface area contributed by atoms with E-state index in [-0.39, 0.29) is 11.7 Å². The zero-order valence-corrected chi connectivity index (χ0v) is 13.8. The zero-order valence-electron chi connectivity index (χ0n) is 11.1. The number of thiol groups is 2. The first-order chi connectivity index (χ1) is 8.78. The third-order valence-corrected chi connectivity index (χ3v) is 2.73. The Kier molecular flexibility index (Phi) is 12.4. The van der Waals surface area contributed by atoms with E-state index in [1.165, 1.54) is 11.5 Å². The number of carbonyl (C=O) groups excluding carboxylic acids is 1. The molecule has 19 heavy (non-hydrogen) atoms. The summed E-state index contributed by atoms with van der Waals surface area (Å²) in [6, 6.07) is 0. The van der Waals surface area contributed by atoms with Crippen LogP contribution < -0.4 is 0 Å². The molecule has 6 nitrogen and oxygen atoms in total. The minimum absolute atomic E-state index is 0.00463. The Morgan fingerprint density at radius 3 is 2.16 bits per heavy atom. The molecule has 1 heterocycles. The topological polar surface area (TPSA) is 89.3 Å². The van der Waals surface area contributed by atoms with Gasteiger partial charge in [-0.3, -0.25) is 13.9 Å². The van der Waals surface area contributed by atoms with Gasteiger partial charge in [0.25, 0.3) is 10.1 Å². The highest BCUT2D eigenvalue weighted by Crippen LogP contribution is 1.92. The standard InChI is InChI=1S/C6H8N2O.C4H10O3S.H2S2/c1-5-7-3-4-8(5)6(2)9;1-2-3-4-8(5,6)7;1-2/h3-4H,1-2H3;2-4H2,1H3,(H,5,6,7);1-2H. The van der Waals surface area contributed by atoms with Crippen molar-refractivity contribution >= 4 is 39.3 Å². The monoisotopic (exact) mass is 328 g/mol. The molecule has 0 aliphatic heterocycles. The van der Waals surface area contributed by atoms with Crippen molar-refractivity contribution in [1.82, 2.24) is 9.55 Å². The fourth-order valence-corrected chi connectivity index (χ4v) is 1.69. The van der Waals surface area contributed by atoms with Crippen molar-refractivity contribution < 1.29 is 17.8 Å². The number of unbranched alkanes of at least 4 members (excludes halogenated alkanes) is 1. The maximum atomic E-state index is 10.7. The second-order valence-electron chi connectivity index (χ2n) is 3.50. The van der Waals surface area contributed by atoms with Gasteiger partial charge in [0.2, 0.25) is 5.91 Å². The average molecular weight is 328 g/mol. The Bertz CT molecular complexity index is 457. The van der Waals surface area contributed by atoms with Gasteiger partial charge >= 0.3 is 0 Å². The van der Waals surface area contributed by atoms with E-state index in [0.29, 0.717) is 6.42 Å². The van der Waals surface area contributed by atoms with E-state index in [1.54, 1.807) is 19.3 Å². The Labute approximate surface area is 124 Å². The summed E-state index contributed by atoms with van der Waals surface area (Å²) in [6.07, 6.45) is 4.59. The lowest BCUT2D eigenvalue weighted by atomic mass is 10.4. The predicted octanol–water partition coefficient (Wildman–Crippen LogP) is 2.29. The first-order valence-corrected chi connectivity index (χ1v) is 8.65. The van der Waals surface area contributed by atoms with E-state index in [4.69, 9.17) is 4.55 Å². The number of hydrogen-bond donors (Lipinski definition) is 3. The van der Waals surface area contributed by atoms with Gasteiger partial charge in [0.15, 0.2) is 0 Å². The van der Waals surface area contributed by atoms with Gasteiger partial charge in [-0.15, -0.1) is 23.3 Å². The maximum Gasteiger partial charge on any atom is 0.264 e. The van der Waals surface area contributed by atoms with E-state index in [1.807, 2.05) is 6.92 Å². The van der Waals surface area contributed by atoms with Gasteiger partial charge in [-0.05, 0) is 13.3 Å². The van der Waals surface area contributed by atoms with E-state index in [9.17, 15) is 13.2 Å². The van der Waals surface area contributed by atoms with Crippen LogP contribution in [0.3, 0.4) is 0 Å². The summed E-state index contributed by atoms with van der Waals surface area (Å²) < 4.78 is 29.5. The van der Waals surface area contributed by atoms with Crippen LogP contribution in [0.1, 0.15) is 37.3 Å². The lowest BCUT2D eigenvalue weighted by Gasteiger charge is -1.94. The fraction of sp³-hybridized carbons (Fsp3) is 0.600. The summed E-state index contributed by atoms with van der Waals surface area (Å²) in [6.45, 7) is 5.17. The number of aryl methyl sites for hydroxylation is 1. The van der Waals surface area contributed by atoms with Crippen LogP contribution in [0.5, 0.6) is 0 Å². The normalized spacial score (nSPS) is 9.79. The van der Waals surface area contributed by atoms with Crippen molar-refractivity contribution in [2.45, 2.75) is 33.6 Å². The van der Waals surface area contributed by atoms with Crippen LogP contribution >= 0.6 is 23.3 Å². The minimum atomic E-state index is -3.69. The Balaban J connectivity index is 0. The van der Waals surface area contributed by atoms with Gasteiger partial charge in [0.1, 0.15) is 5.82 Å². The lowest BCUT2D eigenvalue weighted by molar-refractivity contribution is 0.0934. The van der Waals surface area contributed by atoms with Crippen LogP contribution in [-0.4, -0.2) is 34.2 Å². The SMILES string of the molecule is CC(=O)n1ccnc1C.CCCCS(=O)(=O)O.SS. The molecule has 0 fully saturated rings. The Morgan fingerprint density at radius 2 is 2.00 bits per heavy atom. The van der Waals surface area contributed by atoms with Crippen LogP contribution in [0.25, 0.3) is 0 Å². The first-order valence-electron chi connectivity index (χ1n) is 5.44. The molecule has 1 rings (SSSR count). The maximum absolute atomic E-state index is 10.7. The summed E-state index contributed by atoms with van der Waals surface area (Å²) in [5.74, 6) is 0.635. The summed E-state index contributed by atoms with van der Waals surface area (Å²) in [5, 5.41) is 0. The van der Waals surface area contributed by atoms with Crippen molar-refractivity contribution in [2.24, 2.45) is 0 Å². The number of carbonyl (C=O) groups is 1. The largest absolute Gasteiger partial charge is 0.286 e. The molecular weight excluding hydrogens is 308 g/mol. The number of nitrogens with zero attached hydrogens (tertiary/aromatic N) is 2. The van der Waals surface area contributed by atoms with Gasteiger partial charge < -0.3 is 0 Å². The van der Waals surface area contributed by atoms with Crippen molar-refractivity contribution in [2.75, 3.05) is 5.75 Å². The van der Waals surface area contributed by atoms with E-state index in [2.05, 4.69) is 28.3 Å². The molecule has 0 atom stereocenters. The molecule has 0 saturated heterocycles. The zero-order chi connectivity index (χ0) is 15.5. The van der Waals surface area contributed by atoms with E-state index < -0.39 is 10.1 Å². The summed E-state index contributed by atoms with van der Waals surface area (Å²) in [7, 11) is -3.69. The van der Waals surface area contributed by atoms with Crippen LogP contribution in [0.2, 0.25) is 0 Å². The highest BCUT2D eigenvalue weighted by molar-refractivity contribution is 8.59. The van der Waals surface area contributed by atoms with Gasteiger partial charge in [0.05, 0.1) is 5.75 Å². The molecule has 0 aliphatic rings. The quantitative estimate of drug-likeness (QED) is 0.450. The highest BCUT2D eigenvalue weighted by Gasteiger charge is 2.00. The van der Waals surface area contributed by atoms with Gasteiger partial charge in [0, 0.05) is 19.3 Å². The molecule has 1 N–H and O–H groups in total. The van der Waals surface area contributed by atoms with Gasteiger partial charge in [-0.2, -0.15) is 8.42 Å². The van der Waals surface area contributed by atoms with Crippen molar-refractivity contribution in [1.29, 1.82) is 0 Å². The molecule has 112 valence electrons. The molecule has 0 aromatic carbocycles. The number of aromatic nitrogens is 2. The molecule has 0 spiro atoms. The fourth-order valence-electron chi connectivity index (χ4n) is 1.04. The summed E-state index contributed by atoms with van der Waals surface area (Å²) >= 11 is 6.44. The molecule has 0 aliphatic carbocycles. The molecule has 0 unspecified atom stereocenters. The second-order valence-corrected chi connectivity index (χ2v) is 5.08. The third kappa shape index (κ3) is 12.3. The van der Waals surface area contributed by atoms with Crippen molar-refractivity contribution in [3.63, 3.8) is 0 Å². The van der Waals surface area contributed by atoms with Gasteiger partial charge in [-0.25, -0.2) is 4.98 Å². The summed E-state index contributed by atoms with van der Waals surface area (Å²) in [5.41, 5.74) is 0. The smallest absolute Gasteiger partial charge is 0.264 e. The summed E-state index contributed by atoms with van der Waals surface area (Å²) in [4.78, 5) is 14.5. The number of hydrogen-bond acceptors (Lipinski definition) is 6. The molecule has 0 saturated carbocycles. The Hall–Kier alpha value is -0.510. The Morgan fingerprint density at radius 1 is 1.47 bits per heavy atom. The van der Waals surface area contributed by atoms with E-state index in [0.717, 1.165) is 12.2 Å². The van der Waals surface area contributed by atoms with Crippen LogP contribution in [0.15, 0.2) is 12.4 Å². The van der Waals surface area contributed by atoms with Crippen molar-refractivity contribution in [3.8, 4) is 0 Å². The number of rotatable bonds is 3. The van der Waals surface area contributed by atoms with Crippen molar-refractivity contribution in [3.05, 3.63) is 18.2 Å². The highest BCUT2D eigenvalue weighted by atomic mass is 33.1. The third-order valence-electron chi connectivity index (χ3n) is 1.92. The lowest BCUT2D eigenvalue weighted by Crippen LogP contribution is -2.05.